The van der Waals surface area contributed by atoms with Crippen LogP contribution in [0.2, 0.25) is 0 Å². The van der Waals surface area contributed by atoms with Gasteiger partial charge in [0, 0.05) is 21.6 Å². The molecule has 0 bridgehead atoms. The highest BCUT2D eigenvalue weighted by Gasteiger charge is 2.05. The predicted molar refractivity (Wildman–Crippen MR) is 91.9 cm³/mol. The van der Waals surface area contributed by atoms with Gasteiger partial charge in [0.25, 0.3) is 0 Å². The van der Waals surface area contributed by atoms with Crippen LogP contribution in [0.5, 0.6) is 0 Å². The molecule has 0 spiro atoms. The number of thiophene rings is 1. The molecule has 0 aliphatic heterocycles. The molecule has 2 aromatic rings. The maximum Gasteiger partial charge on any atom is 0.0292 e. The Hall–Kier alpha value is -0.770. The van der Waals surface area contributed by atoms with Crippen LogP contribution in [0, 0.1) is 0 Å². The van der Waals surface area contributed by atoms with Crippen LogP contribution in [0.4, 0.5) is 0 Å². The van der Waals surface area contributed by atoms with E-state index in [9.17, 15) is 0 Å². The van der Waals surface area contributed by atoms with Gasteiger partial charge < -0.3 is 5.32 Å². The highest BCUT2D eigenvalue weighted by atomic mass is 32.2. The summed E-state index contributed by atoms with van der Waals surface area (Å²) in [6.07, 6.45) is 2.34. The van der Waals surface area contributed by atoms with Gasteiger partial charge in [0.15, 0.2) is 0 Å². The van der Waals surface area contributed by atoms with Crippen molar-refractivity contribution in [3.05, 3.63) is 52.2 Å². The van der Waals surface area contributed by atoms with Gasteiger partial charge in [0.1, 0.15) is 0 Å². The molecule has 0 amide bonds. The Morgan fingerprint density at radius 1 is 1.25 bits per heavy atom. The second kappa shape index (κ2) is 8.50. The third kappa shape index (κ3) is 4.97. The van der Waals surface area contributed by atoms with E-state index >= 15 is 0 Å². The Bertz CT molecular complexity index is 493. The smallest absolute Gasteiger partial charge is 0.0292 e. The van der Waals surface area contributed by atoms with Crippen molar-refractivity contribution in [2.45, 2.75) is 37.6 Å². The van der Waals surface area contributed by atoms with Gasteiger partial charge in [-0.3, -0.25) is 0 Å². The monoisotopic (exact) mass is 305 g/mol. The molecule has 3 heteroatoms. The summed E-state index contributed by atoms with van der Waals surface area (Å²) in [6.45, 7) is 5.53. The molecule has 2 rings (SSSR count). The first-order chi connectivity index (χ1) is 9.79. The molecule has 0 aliphatic carbocycles. The zero-order valence-corrected chi connectivity index (χ0v) is 13.9. The molecule has 0 fully saturated rings. The van der Waals surface area contributed by atoms with Crippen LogP contribution in [0.15, 0.2) is 46.7 Å². The van der Waals surface area contributed by atoms with Crippen LogP contribution in [0.25, 0.3) is 0 Å². The minimum absolute atomic E-state index is 0.438. The number of hydrogen-bond donors (Lipinski definition) is 1. The maximum absolute atomic E-state index is 3.55. The molecule has 1 heterocycles. The fourth-order valence-corrected chi connectivity index (χ4v) is 3.87. The van der Waals surface area contributed by atoms with Crippen molar-refractivity contribution >= 4 is 23.1 Å². The van der Waals surface area contributed by atoms with Crippen LogP contribution in [-0.2, 0) is 6.42 Å². The Kier molecular flexibility index (Phi) is 6.64. The molecule has 0 saturated carbocycles. The fraction of sp³-hybridized carbons (Fsp3) is 0.412. The summed E-state index contributed by atoms with van der Waals surface area (Å²) < 4.78 is 0. The number of benzene rings is 1. The van der Waals surface area contributed by atoms with Crippen LogP contribution in [0.3, 0.4) is 0 Å². The van der Waals surface area contributed by atoms with E-state index in [0.717, 1.165) is 18.7 Å². The first-order valence-corrected chi connectivity index (χ1v) is 9.14. The number of rotatable bonds is 8. The normalized spacial score (nSPS) is 12.5. The number of thioether (sulfide) groups is 1. The lowest BCUT2D eigenvalue weighted by molar-refractivity contribution is 0.570. The van der Waals surface area contributed by atoms with Crippen molar-refractivity contribution in [1.29, 1.82) is 0 Å². The highest BCUT2D eigenvalue weighted by molar-refractivity contribution is 7.99. The summed E-state index contributed by atoms with van der Waals surface area (Å²) in [4.78, 5) is 2.86. The van der Waals surface area contributed by atoms with Crippen molar-refractivity contribution in [2.24, 2.45) is 0 Å². The molecule has 1 nitrogen and oxygen atoms in total. The summed E-state index contributed by atoms with van der Waals surface area (Å²) in [5.41, 5.74) is 1.39. The number of hydrogen-bond acceptors (Lipinski definition) is 3. The lowest BCUT2D eigenvalue weighted by atomic mass is 10.1. The van der Waals surface area contributed by atoms with E-state index in [-0.39, 0.29) is 0 Å². The molecule has 1 unspecified atom stereocenters. The number of aryl methyl sites for hydroxylation is 1. The lowest BCUT2D eigenvalue weighted by Gasteiger charge is -2.14. The first-order valence-electron chi connectivity index (χ1n) is 7.28. The van der Waals surface area contributed by atoms with Crippen molar-refractivity contribution in [3.63, 3.8) is 0 Å². The Labute approximate surface area is 130 Å². The van der Waals surface area contributed by atoms with E-state index in [1.165, 1.54) is 21.8 Å². The summed E-state index contributed by atoms with van der Waals surface area (Å²) in [5.74, 6) is 1.15. The molecule has 108 valence electrons. The van der Waals surface area contributed by atoms with Gasteiger partial charge in [0.05, 0.1) is 0 Å². The molecule has 1 aromatic heterocycles. The number of nitrogens with one attached hydrogen (secondary N) is 1. The maximum atomic E-state index is 3.55. The average Bonchev–Trinajstić information content (AvgIpc) is 2.98. The summed E-state index contributed by atoms with van der Waals surface area (Å²) in [6, 6.07) is 13.7. The quantitative estimate of drug-likeness (QED) is 0.677. The van der Waals surface area contributed by atoms with Gasteiger partial charge in [-0.05, 0) is 55.5 Å². The van der Waals surface area contributed by atoms with Crippen LogP contribution >= 0.6 is 23.1 Å². The van der Waals surface area contributed by atoms with Gasteiger partial charge in [0.2, 0.25) is 0 Å². The van der Waals surface area contributed by atoms with Gasteiger partial charge in [-0.1, -0.05) is 25.1 Å². The third-order valence-electron chi connectivity index (χ3n) is 3.26. The Morgan fingerprint density at radius 2 is 2.15 bits per heavy atom. The van der Waals surface area contributed by atoms with E-state index in [2.05, 4.69) is 60.9 Å². The van der Waals surface area contributed by atoms with E-state index < -0.39 is 0 Å². The minimum Gasteiger partial charge on any atom is -0.310 e. The Balaban J connectivity index is 1.85. The molecule has 20 heavy (non-hydrogen) atoms. The van der Waals surface area contributed by atoms with E-state index in [4.69, 9.17) is 0 Å². The van der Waals surface area contributed by atoms with Crippen molar-refractivity contribution in [2.75, 3.05) is 12.3 Å². The Morgan fingerprint density at radius 3 is 2.90 bits per heavy atom. The predicted octanol–water partition coefficient (Wildman–Crippen LogP) is 5.14. The first kappa shape index (κ1) is 15.6. The highest BCUT2D eigenvalue weighted by Crippen LogP contribution is 2.24. The van der Waals surface area contributed by atoms with Crippen molar-refractivity contribution in [1.82, 2.24) is 5.32 Å². The van der Waals surface area contributed by atoms with Gasteiger partial charge in [-0.15, -0.1) is 23.1 Å². The zero-order valence-electron chi connectivity index (χ0n) is 12.3. The average molecular weight is 306 g/mol. The second-order valence-electron chi connectivity index (χ2n) is 4.93. The van der Waals surface area contributed by atoms with Gasteiger partial charge in [-0.25, -0.2) is 0 Å². The van der Waals surface area contributed by atoms with E-state index in [1.54, 1.807) is 0 Å². The molecule has 1 atom stereocenters. The molecule has 1 aromatic carbocycles. The summed E-state index contributed by atoms with van der Waals surface area (Å²) in [7, 11) is 0. The van der Waals surface area contributed by atoms with Crippen LogP contribution in [-0.4, -0.2) is 12.3 Å². The molecule has 0 aliphatic rings. The molecule has 0 radical (unpaired) electrons. The summed E-state index contributed by atoms with van der Waals surface area (Å²) >= 11 is 3.80. The molecular formula is C17H23NS2. The van der Waals surface area contributed by atoms with Gasteiger partial charge >= 0.3 is 0 Å². The largest absolute Gasteiger partial charge is 0.310 e. The van der Waals surface area contributed by atoms with Crippen molar-refractivity contribution < 1.29 is 0 Å². The van der Waals surface area contributed by atoms with Crippen molar-refractivity contribution in [3.8, 4) is 0 Å². The second-order valence-corrected chi connectivity index (χ2v) is 7.13. The third-order valence-corrected chi connectivity index (χ3v) is 5.19. The van der Waals surface area contributed by atoms with Gasteiger partial charge in [-0.2, -0.15) is 0 Å². The fourth-order valence-electron chi connectivity index (χ4n) is 2.08. The standard InChI is InChI=1S/C17H23NS2/c1-3-10-18-14(2)15-6-4-7-17(13-15)20-12-9-16-8-5-11-19-16/h4-8,11,13-14,18H,3,9-10,12H2,1-2H3. The minimum atomic E-state index is 0.438. The van der Waals surface area contributed by atoms with E-state index in [1.807, 2.05) is 23.1 Å². The topological polar surface area (TPSA) is 12.0 Å². The summed E-state index contributed by atoms with van der Waals surface area (Å²) in [5, 5.41) is 5.70. The SMILES string of the molecule is CCCNC(C)c1cccc(SCCc2cccs2)c1. The van der Waals surface area contributed by atoms with Crippen LogP contribution < -0.4 is 5.32 Å². The van der Waals surface area contributed by atoms with E-state index in [0.29, 0.717) is 6.04 Å². The zero-order chi connectivity index (χ0) is 14.2. The van der Waals surface area contributed by atoms with Crippen LogP contribution in [0.1, 0.15) is 36.8 Å². The molecule has 1 N–H and O–H groups in total. The molecule has 0 saturated heterocycles. The molecular weight excluding hydrogens is 282 g/mol. The lowest BCUT2D eigenvalue weighted by Crippen LogP contribution is -2.19.